The number of nitrogens with one attached hydrogen (secondary N) is 1. The lowest BCUT2D eigenvalue weighted by Crippen LogP contribution is -2.34. The minimum absolute atomic E-state index is 0.107. The molecular formula is C9H20NO4P. The van der Waals surface area contributed by atoms with Crippen LogP contribution in [0.5, 0.6) is 0 Å². The third-order valence-corrected chi connectivity index (χ3v) is 2.30. The van der Waals surface area contributed by atoms with Gasteiger partial charge in [0.05, 0.1) is 6.61 Å². The fourth-order valence-electron chi connectivity index (χ4n) is 0.825. The van der Waals surface area contributed by atoms with Crippen molar-refractivity contribution in [1.29, 1.82) is 0 Å². The third kappa shape index (κ3) is 8.60. The van der Waals surface area contributed by atoms with Crippen LogP contribution < -0.4 is 5.09 Å². The molecule has 0 spiro atoms. The first kappa shape index (κ1) is 14.6. The van der Waals surface area contributed by atoms with Crippen molar-refractivity contribution in [2.45, 2.75) is 33.7 Å². The molecule has 0 bridgehead atoms. The van der Waals surface area contributed by atoms with Crippen LogP contribution in [0.25, 0.3) is 0 Å². The highest BCUT2D eigenvalue weighted by Crippen LogP contribution is 2.29. The van der Waals surface area contributed by atoms with Gasteiger partial charge in [0, 0.05) is 6.66 Å². The molecule has 0 saturated carbocycles. The molecule has 0 aliphatic heterocycles. The van der Waals surface area contributed by atoms with Crippen molar-refractivity contribution in [1.82, 2.24) is 5.09 Å². The van der Waals surface area contributed by atoms with Gasteiger partial charge in [0.25, 0.3) is 7.52 Å². The number of esters is 1. The zero-order chi connectivity index (χ0) is 12.3. The van der Waals surface area contributed by atoms with E-state index >= 15 is 0 Å². The van der Waals surface area contributed by atoms with Crippen LogP contribution >= 0.6 is 7.52 Å². The fraction of sp³-hybridized carbons (Fsp3) is 0.889. The maximum atomic E-state index is 11.4. The summed E-state index contributed by atoms with van der Waals surface area (Å²) in [7, 11) is -3.39. The lowest BCUT2D eigenvalue weighted by Gasteiger charge is -2.20. The topological polar surface area (TPSA) is 75.6 Å². The van der Waals surface area contributed by atoms with E-state index in [-0.39, 0.29) is 12.0 Å². The van der Waals surface area contributed by atoms with Crippen LogP contribution in [0.1, 0.15) is 27.7 Å². The predicted octanol–water partition coefficient (Wildman–Crippen LogP) is 1.37. The Kier molecular flexibility index (Phi) is 4.97. The van der Waals surface area contributed by atoms with Gasteiger partial charge in [0.2, 0.25) is 0 Å². The molecule has 0 aliphatic carbocycles. The van der Waals surface area contributed by atoms with E-state index in [9.17, 15) is 9.36 Å². The van der Waals surface area contributed by atoms with Gasteiger partial charge < -0.3 is 9.63 Å². The summed E-state index contributed by atoms with van der Waals surface area (Å²) in [5.74, 6) is -0.513. The Balaban J connectivity index is 4.07. The molecule has 0 aromatic heterocycles. The predicted molar refractivity (Wildman–Crippen MR) is 58.8 cm³/mol. The average Bonchev–Trinajstić information content (AvgIpc) is 1.95. The van der Waals surface area contributed by atoms with Gasteiger partial charge in [-0.1, -0.05) is 20.8 Å². The van der Waals surface area contributed by atoms with Crippen LogP contribution in [0.4, 0.5) is 0 Å². The van der Waals surface area contributed by atoms with Crippen LogP contribution in [0.3, 0.4) is 0 Å². The van der Waals surface area contributed by atoms with E-state index in [1.54, 1.807) is 0 Å². The van der Waals surface area contributed by atoms with Crippen LogP contribution in [0.15, 0.2) is 0 Å². The normalized spacial score (nSPS) is 18.0. The second-order valence-electron chi connectivity index (χ2n) is 4.90. The minimum Gasteiger partial charge on any atom is -0.464 e. The summed E-state index contributed by atoms with van der Waals surface area (Å²) in [4.78, 5) is 20.4. The molecule has 6 heteroatoms. The van der Waals surface area contributed by atoms with Gasteiger partial charge in [0.15, 0.2) is 0 Å². The summed E-state index contributed by atoms with van der Waals surface area (Å²) < 4.78 is 15.9. The van der Waals surface area contributed by atoms with Crippen molar-refractivity contribution in [3.63, 3.8) is 0 Å². The number of carbonyl (C=O) groups is 1. The summed E-state index contributed by atoms with van der Waals surface area (Å²) in [6, 6.07) is -0.770. The molecule has 1 unspecified atom stereocenters. The van der Waals surface area contributed by atoms with Gasteiger partial charge in [0.1, 0.15) is 6.04 Å². The Bertz CT molecular complexity index is 266. The smallest absolute Gasteiger partial charge is 0.323 e. The zero-order valence-corrected chi connectivity index (χ0v) is 10.8. The Labute approximate surface area is 90.7 Å². The molecule has 0 heterocycles. The highest BCUT2D eigenvalue weighted by atomic mass is 31.2. The standard InChI is InChI=1S/C9H20NO4P/c1-7(10-15(5,12)13)8(11)14-6-9(2,3)4/h7H,6H2,1-5H3,(H2,10,12,13)/t7-/m0/s1. The number of hydrogen-bond donors (Lipinski definition) is 2. The van der Waals surface area contributed by atoms with Crippen LogP contribution in [0, 0.1) is 5.41 Å². The van der Waals surface area contributed by atoms with Crippen LogP contribution in [-0.2, 0) is 14.1 Å². The Morgan fingerprint density at radius 1 is 1.53 bits per heavy atom. The minimum atomic E-state index is -3.39. The number of carbonyl (C=O) groups excluding carboxylic acids is 1. The van der Waals surface area contributed by atoms with E-state index < -0.39 is 19.5 Å². The largest absolute Gasteiger partial charge is 0.464 e. The van der Waals surface area contributed by atoms with E-state index in [1.165, 1.54) is 6.92 Å². The van der Waals surface area contributed by atoms with Gasteiger partial charge in [-0.3, -0.25) is 9.36 Å². The number of rotatable bonds is 4. The summed E-state index contributed by atoms with van der Waals surface area (Å²) in [5, 5.41) is 2.29. The van der Waals surface area contributed by atoms with E-state index in [2.05, 4.69) is 5.09 Å². The summed E-state index contributed by atoms with van der Waals surface area (Å²) in [6.07, 6.45) is 0. The van der Waals surface area contributed by atoms with Crippen molar-refractivity contribution in [3.8, 4) is 0 Å². The van der Waals surface area contributed by atoms with Gasteiger partial charge in [-0.25, -0.2) is 5.09 Å². The van der Waals surface area contributed by atoms with Crippen molar-refractivity contribution in [3.05, 3.63) is 0 Å². The first-order valence-electron chi connectivity index (χ1n) is 4.76. The number of hydrogen-bond acceptors (Lipinski definition) is 3. The van der Waals surface area contributed by atoms with Gasteiger partial charge in [-0.05, 0) is 12.3 Å². The molecule has 0 radical (unpaired) electrons. The van der Waals surface area contributed by atoms with Gasteiger partial charge >= 0.3 is 5.97 Å². The molecule has 15 heavy (non-hydrogen) atoms. The van der Waals surface area contributed by atoms with Crippen molar-refractivity contribution in [2.75, 3.05) is 13.3 Å². The summed E-state index contributed by atoms with van der Waals surface area (Å²) in [5.41, 5.74) is -0.107. The molecule has 0 saturated heterocycles. The molecule has 0 fully saturated rings. The molecule has 2 N–H and O–H groups in total. The monoisotopic (exact) mass is 237 g/mol. The summed E-state index contributed by atoms with van der Waals surface area (Å²) in [6.45, 7) is 8.74. The zero-order valence-electron chi connectivity index (χ0n) is 9.90. The molecule has 2 atom stereocenters. The molecule has 0 aliphatic rings. The van der Waals surface area contributed by atoms with E-state index in [0.29, 0.717) is 0 Å². The molecular weight excluding hydrogens is 217 g/mol. The molecule has 90 valence electrons. The number of ether oxygens (including phenoxy) is 1. The molecule has 0 aromatic rings. The Morgan fingerprint density at radius 2 is 2.00 bits per heavy atom. The van der Waals surface area contributed by atoms with E-state index in [4.69, 9.17) is 9.63 Å². The lowest BCUT2D eigenvalue weighted by atomic mass is 9.99. The second kappa shape index (κ2) is 5.10. The maximum Gasteiger partial charge on any atom is 0.323 e. The lowest BCUT2D eigenvalue weighted by molar-refractivity contribution is -0.148. The fourth-order valence-corrected chi connectivity index (χ4v) is 1.65. The van der Waals surface area contributed by atoms with Crippen molar-refractivity contribution >= 4 is 13.5 Å². The molecule has 0 rings (SSSR count). The van der Waals surface area contributed by atoms with Crippen molar-refractivity contribution < 1.29 is 19.0 Å². The van der Waals surface area contributed by atoms with Gasteiger partial charge in [-0.2, -0.15) is 0 Å². The Morgan fingerprint density at radius 3 is 2.33 bits per heavy atom. The quantitative estimate of drug-likeness (QED) is 0.570. The maximum absolute atomic E-state index is 11.4. The van der Waals surface area contributed by atoms with Crippen molar-refractivity contribution in [2.24, 2.45) is 5.41 Å². The molecule has 0 aromatic carbocycles. The SMILES string of the molecule is C[C@H](NP(C)(=O)O)C(=O)OCC(C)(C)C. The third-order valence-electron chi connectivity index (χ3n) is 1.43. The highest BCUT2D eigenvalue weighted by Gasteiger charge is 2.22. The average molecular weight is 237 g/mol. The van der Waals surface area contributed by atoms with E-state index in [0.717, 1.165) is 6.66 Å². The highest BCUT2D eigenvalue weighted by molar-refractivity contribution is 7.55. The van der Waals surface area contributed by atoms with Crippen LogP contribution in [0.2, 0.25) is 0 Å². The van der Waals surface area contributed by atoms with Gasteiger partial charge in [-0.15, -0.1) is 0 Å². The first-order valence-corrected chi connectivity index (χ1v) is 6.87. The first-order chi connectivity index (χ1) is 6.51. The van der Waals surface area contributed by atoms with Crippen LogP contribution in [-0.4, -0.2) is 30.2 Å². The summed E-state index contributed by atoms with van der Waals surface area (Å²) >= 11 is 0. The molecule has 5 nitrogen and oxygen atoms in total. The Hall–Kier alpha value is -0.380. The second-order valence-corrected chi connectivity index (χ2v) is 6.91. The van der Waals surface area contributed by atoms with E-state index in [1.807, 2.05) is 20.8 Å². The molecule has 0 amide bonds.